The van der Waals surface area contributed by atoms with E-state index in [1.54, 1.807) is 0 Å². The van der Waals surface area contributed by atoms with E-state index in [0.29, 0.717) is 0 Å². The molecular formula is C18H17F3N2O2. The topological polar surface area (TPSA) is 58.2 Å². The van der Waals surface area contributed by atoms with Gasteiger partial charge in [0.25, 0.3) is 5.91 Å². The van der Waals surface area contributed by atoms with Crippen LogP contribution in [0, 0.1) is 0 Å². The minimum Gasteiger partial charge on any atom is -0.348 e. The van der Waals surface area contributed by atoms with Gasteiger partial charge in [0.05, 0.1) is 18.2 Å². The van der Waals surface area contributed by atoms with E-state index in [4.69, 9.17) is 0 Å². The third-order valence-corrected chi connectivity index (χ3v) is 3.56. The van der Waals surface area contributed by atoms with E-state index in [9.17, 15) is 22.8 Å². The Hall–Kier alpha value is -2.83. The molecule has 0 heterocycles. The predicted molar refractivity (Wildman–Crippen MR) is 86.8 cm³/mol. The van der Waals surface area contributed by atoms with Crippen molar-refractivity contribution in [3.8, 4) is 0 Å². The minimum absolute atomic E-state index is 0.0527. The Morgan fingerprint density at radius 1 is 1.00 bits per heavy atom. The zero-order valence-electron chi connectivity index (χ0n) is 13.4. The van der Waals surface area contributed by atoms with Crippen LogP contribution >= 0.6 is 0 Å². The molecule has 0 bridgehead atoms. The molecule has 2 amide bonds. The first-order valence-corrected chi connectivity index (χ1v) is 7.57. The van der Waals surface area contributed by atoms with Gasteiger partial charge in [-0.05, 0) is 36.8 Å². The van der Waals surface area contributed by atoms with Gasteiger partial charge < -0.3 is 10.6 Å². The second kappa shape index (κ2) is 7.83. The summed E-state index contributed by atoms with van der Waals surface area (Å²) in [6.07, 6.45) is -4.46. The SMILES string of the molecule is C[C@@H](NC(=O)CNC(=O)c1ccc(C(F)(F)F)cc1)c1ccccc1. The van der Waals surface area contributed by atoms with Crippen LogP contribution < -0.4 is 10.6 Å². The Bertz CT molecular complexity index is 728. The van der Waals surface area contributed by atoms with Gasteiger partial charge in [0.15, 0.2) is 0 Å². The monoisotopic (exact) mass is 350 g/mol. The van der Waals surface area contributed by atoms with E-state index >= 15 is 0 Å². The smallest absolute Gasteiger partial charge is 0.348 e. The zero-order chi connectivity index (χ0) is 18.4. The Morgan fingerprint density at radius 3 is 2.16 bits per heavy atom. The first-order valence-electron chi connectivity index (χ1n) is 7.57. The highest BCUT2D eigenvalue weighted by atomic mass is 19.4. The summed E-state index contributed by atoms with van der Waals surface area (Å²) in [4.78, 5) is 23.8. The van der Waals surface area contributed by atoms with Gasteiger partial charge in [-0.1, -0.05) is 30.3 Å². The molecule has 25 heavy (non-hydrogen) atoms. The van der Waals surface area contributed by atoms with Crippen LogP contribution in [-0.2, 0) is 11.0 Å². The van der Waals surface area contributed by atoms with Gasteiger partial charge in [-0.3, -0.25) is 9.59 Å². The van der Waals surface area contributed by atoms with E-state index in [-0.39, 0.29) is 18.2 Å². The lowest BCUT2D eigenvalue weighted by atomic mass is 10.1. The lowest BCUT2D eigenvalue weighted by Gasteiger charge is -2.14. The second-order valence-electron chi connectivity index (χ2n) is 5.46. The van der Waals surface area contributed by atoms with Gasteiger partial charge in [-0.15, -0.1) is 0 Å². The summed E-state index contributed by atoms with van der Waals surface area (Å²) in [5.41, 5.74) is 0.139. The Balaban J connectivity index is 1.86. The van der Waals surface area contributed by atoms with Gasteiger partial charge in [-0.25, -0.2) is 0 Å². The molecule has 0 fully saturated rings. The van der Waals surface area contributed by atoms with E-state index in [1.165, 1.54) is 0 Å². The highest BCUT2D eigenvalue weighted by Crippen LogP contribution is 2.29. The maximum absolute atomic E-state index is 12.5. The van der Waals surface area contributed by atoms with Gasteiger partial charge in [-0.2, -0.15) is 13.2 Å². The summed E-state index contributed by atoms with van der Waals surface area (Å²) in [6.45, 7) is 1.54. The number of rotatable bonds is 5. The van der Waals surface area contributed by atoms with Crippen molar-refractivity contribution in [1.29, 1.82) is 0 Å². The summed E-state index contributed by atoms with van der Waals surface area (Å²) in [5, 5.41) is 5.11. The summed E-state index contributed by atoms with van der Waals surface area (Å²) in [6, 6.07) is 12.9. The molecule has 132 valence electrons. The maximum atomic E-state index is 12.5. The Kier molecular flexibility index (Phi) is 5.80. The van der Waals surface area contributed by atoms with Crippen LogP contribution in [0.25, 0.3) is 0 Å². The number of hydrogen-bond acceptors (Lipinski definition) is 2. The molecule has 0 aliphatic heterocycles. The first-order chi connectivity index (χ1) is 11.8. The lowest BCUT2D eigenvalue weighted by molar-refractivity contribution is -0.137. The molecule has 2 rings (SSSR count). The molecule has 7 heteroatoms. The Labute approximate surface area is 143 Å². The number of benzene rings is 2. The van der Waals surface area contributed by atoms with Crippen molar-refractivity contribution in [3.05, 3.63) is 71.3 Å². The lowest BCUT2D eigenvalue weighted by Crippen LogP contribution is -2.38. The molecule has 0 saturated heterocycles. The number of hydrogen-bond donors (Lipinski definition) is 2. The molecule has 0 radical (unpaired) electrons. The molecule has 0 spiro atoms. The average Bonchev–Trinajstić information content (AvgIpc) is 2.59. The third-order valence-electron chi connectivity index (χ3n) is 3.56. The standard InChI is InChI=1S/C18H17F3N2O2/c1-12(13-5-3-2-4-6-13)23-16(24)11-22-17(25)14-7-9-15(10-8-14)18(19,20)21/h2-10,12H,11H2,1H3,(H,22,25)(H,23,24)/t12-/m1/s1. The number of nitrogens with one attached hydrogen (secondary N) is 2. The minimum atomic E-state index is -4.46. The summed E-state index contributed by atoms with van der Waals surface area (Å²) >= 11 is 0. The zero-order valence-corrected chi connectivity index (χ0v) is 13.4. The fourth-order valence-electron chi connectivity index (χ4n) is 2.19. The van der Waals surface area contributed by atoms with Crippen LogP contribution in [0.2, 0.25) is 0 Å². The molecule has 0 saturated carbocycles. The summed E-state index contributed by atoms with van der Waals surface area (Å²) < 4.78 is 37.4. The van der Waals surface area contributed by atoms with Gasteiger partial charge in [0.2, 0.25) is 5.91 Å². The Morgan fingerprint density at radius 2 is 1.60 bits per heavy atom. The predicted octanol–water partition coefficient (Wildman–Crippen LogP) is 3.31. The normalized spacial score (nSPS) is 12.3. The van der Waals surface area contributed by atoms with E-state index in [0.717, 1.165) is 29.8 Å². The van der Waals surface area contributed by atoms with Gasteiger partial charge >= 0.3 is 6.18 Å². The van der Waals surface area contributed by atoms with Crippen LogP contribution in [0.15, 0.2) is 54.6 Å². The van der Waals surface area contributed by atoms with Crippen LogP contribution in [0.5, 0.6) is 0 Å². The van der Waals surface area contributed by atoms with E-state index in [2.05, 4.69) is 10.6 Å². The molecule has 1 atom stereocenters. The summed E-state index contributed by atoms with van der Waals surface area (Å²) in [7, 11) is 0. The van der Waals surface area contributed by atoms with Crippen LogP contribution in [0.1, 0.15) is 34.5 Å². The van der Waals surface area contributed by atoms with Crippen LogP contribution in [0.4, 0.5) is 13.2 Å². The first kappa shape index (κ1) is 18.5. The van der Waals surface area contributed by atoms with Crippen LogP contribution in [0.3, 0.4) is 0 Å². The van der Waals surface area contributed by atoms with Crippen molar-refractivity contribution in [3.63, 3.8) is 0 Å². The van der Waals surface area contributed by atoms with Crippen molar-refractivity contribution in [1.82, 2.24) is 10.6 Å². The second-order valence-corrected chi connectivity index (χ2v) is 5.46. The fraction of sp³-hybridized carbons (Fsp3) is 0.222. The van der Waals surface area contributed by atoms with Crippen molar-refractivity contribution in [2.24, 2.45) is 0 Å². The van der Waals surface area contributed by atoms with Crippen molar-refractivity contribution >= 4 is 11.8 Å². The molecule has 2 aromatic carbocycles. The number of carbonyl (C=O) groups is 2. The maximum Gasteiger partial charge on any atom is 0.416 e. The van der Waals surface area contributed by atoms with Crippen molar-refractivity contribution < 1.29 is 22.8 Å². The summed E-state index contributed by atoms with van der Waals surface area (Å²) in [5.74, 6) is -1.01. The van der Waals surface area contributed by atoms with Gasteiger partial charge in [0, 0.05) is 5.56 Å². The van der Waals surface area contributed by atoms with Gasteiger partial charge in [0.1, 0.15) is 0 Å². The highest BCUT2D eigenvalue weighted by molar-refractivity contribution is 5.96. The molecule has 0 aliphatic carbocycles. The van der Waals surface area contributed by atoms with E-state index < -0.39 is 23.6 Å². The third kappa shape index (κ3) is 5.34. The number of amides is 2. The number of alkyl halides is 3. The molecule has 0 aliphatic rings. The molecule has 2 N–H and O–H groups in total. The van der Waals surface area contributed by atoms with Crippen molar-refractivity contribution in [2.45, 2.75) is 19.1 Å². The molecular weight excluding hydrogens is 333 g/mol. The van der Waals surface area contributed by atoms with Crippen molar-refractivity contribution in [2.75, 3.05) is 6.54 Å². The molecule has 0 unspecified atom stereocenters. The molecule has 4 nitrogen and oxygen atoms in total. The number of halogens is 3. The quantitative estimate of drug-likeness (QED) is 0.869. The molecule has 0 aromatic heterocycles. The van der Waals surface area contributed by atoms with Crippen LogP contribution in [-0.4, -0.2) is 18.4 Å². The van der Waals surface area contributed by atoms with E-state index in [1.807, 2.05) is 37.3 Å². The highest BCUT2D eigenvalue weighted by Gasteiger charge is 2.30. The number of carbonyl (C=O) groups excluding carboxylic acids is 2. The average molecular weight is 350 g/mol. The molecule has 2 aromatic rings. The largest absolute Gasteiger partial charge is 0.416 e. The fourth-order valence-corrected chi connectivity index (χ4v) is 2.19.